The number of hydrogen-bond donors (Lipinski definition) is 2. The van der Waals surface area contributed by atoms with Gasteiger partial charge in [0.05, 0.1) is 0 Å². The van der Waals surface area contributed by atoms with E-state index in [1.807, 2.05) is 33.8 Å². The van der Waals surface area contributed by atoms with Crippen LogP contribution in [0, 0.1) is 0 Å². The summed E-state index contributed by atoms with van der Waals surface area (Å²) in [4.78, 5) is 15.9. The number of nitrogens with one attached hydrogen (secondary N) is 2. The molecule has 4 heteroatoms. The molecule has 0 unspecified atom stereocenters. The van der Waals surface area contributed by atoms with E-state index in [4.69, 9.17) is 0 Å². The molecule has 0 aliphatic rings. The highest BCUT2D eigenvalue weighted by molar-refractivity contribution is 5.93. The number of hydrogen-bond acceptors (Lipinski definition) is 3. The van der Waals surface area contributed by atoms with Gasteiger partial charge in [-0.2, -0.15) is 0 Å². The summed E-state index contributed by atoms with van der Waals surface area (Å²) < 4.78 is 0. The normalized spacial score (nSPS) is 11.0. The lowest BCUT2D eigenvalue weighted by molar-refractivity contribution is 0.0914. The van der Waals surface area contributed by atoms with Gasteiger partial charge in [-0.3, -0.25) is 9.78 Å². The van der Waals surface area contributed by atoms with Gasteiger partial charge in [0.2, 0.25) is 0 Å². The molecule has 0 radical (unpaired) electrons. The monoisotopic (exact) mass is 221 g/mol. The van der Waals surface area contributed by atoms with Crippen LogP contribution in [-0.4, -0.2) is 23.0 Å². The van der Waals surface area contributed by atoms with Gasteiger partial charge >= 0.3 is 0 Å². The van der Waals surface area contributed by atoms with E-state index in [-0.39, 0.29) is 11.4 Å². The van der Waals surface area contributed by atoms with Gasteiger partial charge < -0.3 is 10.6 Å². The molecule has 1 heterocycles. The Labute approximate surface area is 96.5 Å². The summed E-state index contributed by atoms with van der Waals surface area (Å²) in [6.07, 6.45) is 1.63. The number of carbonyl (C=O) groups excluding carboxylic acids is 1. The van der Waals surface area contributed by atoms with E-state index >= 15 is 0 Å². The van der Waals surface area contributed by atoms with Crippen molar-refractivity contribution >= 4 is 11.6 Å². The summed E-state index contributed by atoms with van der Waals surface area (Å²) in [5, 5.41) is 6.02. The minimum atomic E-state index is -0.243. The van der Waals surface area contributed by atoms with Crippen molar-refractivity contribution in [3.63, 3.8) is 0 Å². The lowest BCUT2D eigenvalue weighted by atomic mass is 10.1. The van der Waals surface area contributed by atoms with Crippen molar-refractivity contribution in [2.75, 3.05) is 11.9 Å². The molecule has 0 aromatic carbocycles. The zero-order chi connectivity index (χ0) is 12.2. The maximum atomic E-state index is 11.8. The minimum Gasteiger partial charge on any atom is -0.385 e. The first kappa shape index (κ1) is 12.5. The molecule has 0 atom stereocenters. The van der Waals surface area contributed by atoms with Crippen molar-refractivity contribution in [2.24, 2.45) is 0 Å². The standard InChI is InChI=1S/C12H19N3O/c1-5-13-9-6-7-14-10(8-9)11(16)15-12(2,3)4/h6-8H,5H2,1-4H3,(H,13,14)(H,15,16). The first-order valence-corrected chi connectivity index (χ1v) is 5.45. The van der Waals surface area contributed by atoms with Crippen molar-refractivity contribution < 1.29 is 4.79 Å². The molecule has 0 aliphatic carbocycles. The zero-order valence-electron chi connectivity index (χ0n) is 10.3. The van der Waals surface area contributed by atoms with E-state index in [0.29, 0.717) is 5.69 Å². The van der Waals surface area contributed by atoms with Gasteiger partial charge in [-0.15, -0.1) is 0 Å². The van der Waals surface area contributed by atoms with Crippen LogP contribution in [-0.2, 0) is 0 Å². The molecule has 1 amide bonds. The predicted octanol–water partition coefficient (Wildman–Crippen LogP) is 2.04. The molecular formula is C12H19N3O. The molecule has 16 heavy (non-hydrogen) atoms. The van der Waals surface area contributed by atoms with E-state index in [1.165, 1.54) is 0 Å². The fourth-order valence-electron chi connectivity index (χ4n) is 1.27. The summed E-state index contributed by atoms with van der Waals surface area (Å²) in [6, 6.07) is 3.60. The number of carbonyl (C=O) groups is 1. The van der Waals surface area contributed by atoms with Gasteiger partial charge in [-0.1, -0.05) is 0 Å². The van der Waals surface area contributed by atoms with E-state index in [0.717, 1.165) is 12.2 Å². The number of rotatable bonds is 3. The topological polar surface area (TPSA) is 54.0 Å². The molecule has 0 bridgehead atoms. The third-order valence-corrected chi connectivity index (χ3v) is 1.86. The number of pyridine rings is 1. The lowest BCUT2D eigenvalue weighted by Gasteiger charge is -2.20. The van der Waals surface area contributed by atoms with E-state index in [2.05, 4.69) is 15.6 Å². The maximum absolute atomic E-state index is 11.8. The summed E-state index contributed by atoms with van der Waals surface area (Å²) in [5.41, 5.74) is 1.11. The van der Waals surface area contributed by atoms with Gasteiger partial charge in [0.25, 0.3) is 5.91 Å². The highest BCUT2D eigenvalue weighted by Gasteiger charge is 2.16. The summed E-state index contributed by atoms with van der Waals surface area (Å²) in [6.45, 7) is 8.66. The zero-order valence-corrected chi connectivity index (χ0v) is 10.3. The Hall–Kier alpha value is -1.58. The van der Waals surface area contributed by atoms with Gasteiger partial charge in [-0.25, -0.2) is 0 Å². The summed E-state index contributed by atoms with van der Waals surface area (Å²) in [5.74, 6) is -0.146. The molecule has 88 valence electrons. The summed E-state index contributed by atoms with van der Waals surface area (Å²) >= 11 is 0. The molecule has 0 aliphatic heterocycles. The molecule has 1 aromatic rings. The van der Waals surface area contributed by atoms with E-state index in [9.17, 15) is 4.79 Å². The Kier molecular flexibility index (Phi) is 3.88. The van der Waals surface area contributed by atoms with E-state index < -0.39 is 0 Å². The Morgan fingerprint density at radius 3 is 2.69 bits per heavy atom. The molecule has 1 rings (SSSR count). The molecule has 0 fully saturated rings. The average molecular weight is 221 g/mol. The van der Waals surface area contributed by atoms with Crippen LogP contribution in [0.5, 0.6) is 0 Å². The van der Waals surface area contributed by atoms with Crippen LogP contribution in [0.2, 0.25) is 0 Å². The Morgan fingerprint density at radius 1 is 1.44 bits per heavy atom. The Morgan fingerprint density at radius 2 is 2.12 bits per heavy atom. The molecule has 0 saturated carbocycles. The second kappa shape index (κ2) is 4.96. The summed E-state index contributed by atoms with van der Waals surface area (Å²) in [7, 11) is 0. The second-order valence-electron chi connectivity index (χ2n) is 4.66. The third kappa shape index (κ3) is 3.88. The molecule has 0 saturated heterocycles. The van der Waals surface area contributed by atoms with Gasteiger partial charge in [-0.05, 0) is 39.8 Å². The van der Waals surface area contributed by atoms with Crippen molar-refractivity contribution in [3.8, 4) is 0 Å². The predicted molar refractivity (Wildman–Crippen MR) is 65.6 cm³/mol. The number of amides is 1. The van der Waals surface area contributed by atoms with Gasteiger partial charge in [0.1, 0.15) is 5.69 Å². The number of aromatic nitrogens is 1. The maximum Gasteiger partial charge on any atom is 0.270 e. The van der Waals surface area contributed by atoms with Crippen LogP contribution in [0.25, 0.3) is 0 Å². The Balaban J connectivity index is 2.79. The highest BCUT2D eigenvalue weighted by atomic mass is 16.2. The second-order valence-corrected chi connectivity index (χ2v) is 4.66. The minimum absolute atomic E-state index is 0.146. The van der Waals surface area contributed by atoms with E-state index in [1.54, 1.807) is 12.3 Å². The fraction of sp³-hybridized carbons (Fsp3) is 0.500. The number of nitrogens with zero attached hydrogens (tertiary/aromatic N) is 1. The van der Waals surface area contributed by atoms with Crippen molar-refractivity contribution in [1.29, 1.82) is 0 Å². The van der Waals surface area contributed by atoms with Crippen molar-refractivity contribution in [1.82, 2.24) is 10.3 Å². The fourth-order valence-corrected chi connectivity index (χ4v) is 1.27. The highest BCUT2D eigenvalue weighted by Crippen LogP contribution is 2.09. The first-order chi connectivity index (χ1) is 7.42. The van der Waals surface area contributed by atoms with Crippen LogP contribution in [0.3, 0.4) is 0 Å². The smallest absolute Gasteiger partial charge is 0.270 e. The largest absolute Gasteiger partial charge is 0.385 e. The lowest BCUT2D eigenvalue weighted by Crippen LogP contribution is -2.40. The first-order valence-electron chi connectivity index (χ1n) is 5.45. The van der Waals surface area contributed by atoms with Crippen molar-refractivity contribution in [2.45, 2.75) is 33.2 Å². The van der Waals surface area contributed by atoms with Gasteiger partial charge in [0.15, 0.2) is 0 Å². The third-order valence-electron chi connectivity index (χ3n) is 1.86. The van der Waals surface area contributed by atoms with Crippen LogP contribution in [0.1, 0.15) is 38.2 Å². The van der Waals surface area contributed by atoms with Gasteiger partial charge in [0, 0.05) is 24.0 Å². The van der Waals surface area contributed by atoms with Crippen LogP contribution >= 0.6 is 0 Å². The average Bonchev–Trinajstić information content (AvgIpc) is 2.16. The SMILES string of the molecule is CCNc1ccnc(C(=O)NC(C)(C)C)c1. The Bertz CT molecular complexity index is 369. The van der Waals surface area contributed by atoms with Crippen LogP contribution < -0.4 is 10.6 Å². The number of anilines is 1. The van der Waals surface area contributed by atoms with Crippen LogP contribution in [0.4, 0.5) is 5.69 Å². The molecule has 1 aromatic heterocycles. The quantitative estimate of drug-likeness (QED) is 0.821. The molecular weight excluding hydrogens is 202 g/mol. The molecule has 4 nitrogen and oxygen atoms in total. The molecule has 2 N–H and O–H groups in total. The van der Waals surface area contributed by atoms with Crippen molar-refractivity contribution in [3.05, 3.63) is 24.0 Å². The molecule has 0 spiro atoms. The van der Waals surface area contributed by atoms with Crippen LogP contribution in [0.15, 0.2) is 18.3 Å².